The average Bonchev–Trinajstić information content (AvgIpc) is 2.11. The van der Waals surface area contributed by atoms with Crippen molar-refractivity contribution in [3.63, 3.8) is 0 Å². The van der Waals surface area contributed by atoms with Crippen molar-refractivity contribution in [3.05, 3.63) is 11.8 Å². The van der Waals surface area contributed by atoms with Crippen LogP contribution in [0.3, 0.4) is 0 Å². The van der Waals surface area contributed by atoms with E-state index in [0.717, 1.165) is 6.42 Å². The van der Waals surface area contributed by atoms with Crippen LogP contribution in [0.25, 0.3) is 0 Å². The van der Waals surface area contributed by atoms with E-state index >= 15 is 0 Å². The maximum absolute atomic E-state index is 9.15. The second kappa shape index (κ2) is 2.42. The minimum absolute atomic E-state index is 0.618. The Balaban J connectivity index is 2.61. The Bertz CT molecular complexity index is 155. The lowest BCUT2D eigenvalue weighted by atomic mass is 10.3. The van der Waals surface area contributed by atoms with Crippen LogP contribution in [-0.2, 0) is 0 Å². The van der Waals surface area contributed by atoms with Crippen molar-refractivity contribution in [3.8, 4) is 0 Å². The van der Waals surface area contributed by atoms with Crippen LogP contribution in [0.2, 0.25) is 25.2 Å². The third-order valence-corrected chi connectivity index (χ3v) is 4.90. The summed E-state index contributed by atoms with van der Waals surface area (Å²) < 4.78 is 0. The average molecular weight is 156 g/mol. The molecule has 0 fully saturated rings. The topological polar surface area (TPSA) is 20.2 Å². The minimum Gasteiger partial charge on any atom is -0.513 e. The van der Waals surface area contributed by atoms with E-state index in [1.165, 1.54) is 6.42 Å². The summed E-state index contributed by atoms with van der Waals surface area (Å²) in [5.41, 5.74) is 0.715. The molecule has 1 rings (SSSR count). The third kappa shape index (κ3) is 1.63. The fourth-order valence-electron chi connectivity index (χ4n) is 1.39. The lowest BCUT2D eigenvalue weighted by molar-refractivity contribution is 0.397. The number of rotatable bonds is 1. The smallest absolute Gasteiger partial charge is 0.0882 e. The summed E-state index contributed by atoms with van der Waals surface area (Å²) in [5, 5.41) is 9.15. The highest BCUT2D eigenvalue weighted by atomic mass is 28.3. The van der Waals surface area contributed by atoms with Gasteiger partial charge in [0.1, 0.15) is 0 Å². The minimum atomic E-state index is -1.00. The molecular weight excluding hydrogens is 140 g/mol. The van der Waals surface area contributed by atoms with Crippen LogP contribution < -0.4 is 0 Å². The predicted molar refractivity (Wildman–Crippen MR) is 47.0 cm³/mol. The molecule has 0 aromatic rings. The molecule has 1 atom stereocenters. The van der Waals surface area contributed by atoms with Gasteiger partial charge in [-0.25, -0.2) is 0 Å². The molecule has 58 valence electrons. The van der Waals surface area contributed by atoms with Crippen molar-refractivity contribution in [2.24, 2.45) is 0 Å². The van der Waals surface area contributed by atoms with Crippen molar-refractivity contribution < 1.29 is 5.11 Å². The Morgan fingerprint density at radius 1 is 1.50 bits per heavy atom. The summed E-state index contributed by atoms with van der Waals surface area (Å²) in [6, 6.07) is 0. The Morgan fingerprint density at radius 3 is 2.30 bits per heavy atom. The van der Waals surface area contributed by atoms with Gasteiger partial charge in [-0.15, -0.1) is 0 Å². The normalized spacial score (nSPS) is 26.7. The Kier molecular flexibility index (Phi) is 1.90. The van der Waals surface area contributed by atoms with Crippen LogP contribution >= 0.6 is 0 Å². The SMILES string of the molecule is C[Si](C)(C)C1C=C(O)CC1. The Labute approximate surface area is 63.8 Å². The molecule has 10 heavy (non-hydrogen) atoms. The van der Waals surface area contributed by atoms with Gasteiger partial charge < -0.3 is 5.11 Å². The first-order valence-electron chi connectivity index (χ1n) is 3.90. The van der Waals surface area contributed by atoms with Crippen LogP contribution in [0.5, 0.6) is 0 Å². The van der Waals surface area contributed by atoms with Gasteiger partial charge in [-0.3, -0.25) is 0 Å². The molecule has 0 saturated heterocycles. The fraction of sp³-hybridized carbons (Fsp3) is 0.750. The quantitative estimate of drug-likeness (QED) is 0.579. The van der Waals surface area contributed by atoms with Gasteiger partial charge in [0, 0.05) is 6.42 Å². The second-order valence-electron chi connectivity index (χ2n) is 4.17. The van der Waals surface area contributed by atoms with Gasteiger partial charge in [0.2, 0.25) is 0 Å². The first-order valence-corrected chi connectivity index (χ1v) is 7.47. The molecular formula is C8H16OSi. The third-order valence-electron chi connectivity index (χ3n) is 2.22. The number of allylic oxidation sites excluding steroid dienone is 2. The summed E-state index contributed by atoms with van der Waals surface area (Å²) >= 11 is 0. The first kappa shape index (κ1) is 7.86. The molecule has 0 bridgehead atoms. The molecule has 1 aliphatic rings. The van der Waals surface area contributed by atoms with Crippen molar-refractivity contribution in [2.75, 3.05) is 0 Å². The summed E-state index contributed by atoms with van der Waals surface area (Å²) in [5.74, 6) is 0.618. The van der Waals surface area contributed by atoms with Gasteiger partial charge in [0.25, 0.3) is 0 Å². The first-order chi connectivity index (χ1) is 4.50. The van der Waals surface area contributed by atoms with E-state index in [9.17, 15) is 0 Å². The lowest BCUT2D eigenvalue weighted by Crippen LogP contribution is -2.25. The molecule has 1 N–H and O–H groups in total. The van der Waals surface area contributed by atoms with E-state index in [-0.39, 0.29) is 0 Å². The molecule has 0 amide bonds. The van der Waals surface area contributed by atoms with Crippen LogP contribution in [0.15, 0.2) is 11.8 Å². The van der Waals surface area contributed by atoms with E-state index in [1.54, 1.807) is 0 Å². The van der Waals surface area contributed by atoms with E-state index in [4.69, 9.17) is 5.11 Å². The second-order valence-corrected chi connectivity index (χ2v) is 9.64. The molecule has 1 nitrogen and oxygen atoms in total. The van der Waals surface area contributed by atoms with Gasteiger partial charge in [0.15, 0.2) is 0 Å². The maximum atomic E-state index is 9.15. The lowest BCUT2D eigenvalue weighted by Gasteiger charge is -2.22. The molecule has 0 aliphatic heterocycles. The zero-order valence-electron chi connectivity index (χ0n) is 7.02. The van der Waals surface area contributed by atoms with Crippen LogP contribution in [0, 0.1) is 0 Å². The summed E-state index contributed by atoms with van der Waals surface area (Å²) in [6.45, 7) is 7.06. The van der Waals surface area contributed by atoms with Crippen LogP contribution in [0.1, 0.15) is 12.8 Å². The molecule has 1 unspecified atom stereocenters. The molecule has 0 spiro atoms. The Hall–Kier alpha value is -0.243. The highest BCUT2D eigenvalue weighted by molar-refractivity contribution is 6.78. The molecule has 0 aromatic carbocycles. The molecule has 0 saturated carbocycles. The molecule has 0 aromatic heterocycles. The van der Waals surface area contributed by atoms with Crippen molar-refractivity contribution in [1.82, 2.24) is 0 Å². The predicted octanol–water partition coefficient (Wildman–Crippen LogP) is 2.93. The van der Waals surface area contributed by atoms with Crippen molar-refractivity contribution in [2.45, 2.75) is 38.0 Å². The number of aliphatic hydroxyl groups excluding tert-OH is 1. The highest BCUT2D eigenvalue weighted by Crippen LogP contribution is 2.35. The van der Waals surface area contributed by atoms with E-state index in [1.807, 2.05) is 0 Å². The summed E-state index contributed by atoms with van der Waals surface area (Å²) in [7, 11) is -1.00. The zero-order chi connectivity index (χ0) is 7.78. The standard InChI is InChI=1S/C8H16OSi/c1-10(2,3)8-5-4-7(9)6-8/h6,8-9H,4-5H2,1-3H3. The summed E-state index contributed by atoms with van der Waals surface area (Å²) in [6.07, 6.45) is 4.16. The van der Waals surface area contributed by atoms with Gasteiger partial charge in [0.05, 0.1) is 13.8 Å². The van der Waals surface area contributed by atoms with E-state index in [0.29, 0.717) is 11.3 Å². The van der Waals surface area contributed by atoms with Crippen molar-refractivity contribution in [1.29, 1.82) is 0 Å². The maximum Gasteiger partial charge on any atom is 0.0882 e. The largest absolute Gasteiger partial charge is 0.513 e. The van der Waals surface area contributed by atoms with E-state index < -0.39 is 8.07 Å². The Morgan fingerprint density at radius 2 is 2.10 bits per heavy atom. The molecule has 0 radical (unpaired) electrons. The van der Waals surface area contributed by atoms with Crippen LogP contribution in [0.4, 0.5) is 0 Å². The molecule has 2 heteroatoms. The summed E-state index contributed by atoms with van der Waals surface area (Å²) in [4.78, 5) is 0. The van der Waals surface area contributed by atoms with Gasteiger partial charge in [-0.05, 0) is 18.0 Å². The van der Waals surface area contributed by atoms with Crippen LogP contribution in [-0.4, -0.2) is 13.2 Å². The fourth-order valence-corrected chi connectivity index (χ4v) is 3.09. The van der Waals surface area contributed by atoms with Gasteiger partial charge in [-0.1, -0.05) is 19.6 Å². The monoisotopic (exact) mass is 156 g/mol. The number of hydrogen-bond acceptors (Lipinski definition) is 1. The highest BCUT2D eigenvalue weighted by Gasteiger charge is 2.28. The number of aliphatic hydroxyl groups is 1. The number of hydrogen-bond donors (Lipinski definition) is 1. The molecule has 1 aliphatic carbocycles. The zero-order valence-corrected chi connectivity index (χ0v) is 8.02. The van der Waals surface area contributed by atoms with Gasteiger partial charge in [-0.2, -0.15) is 0 Å². The van der Waals surface area contributed by atoms with E-state index in [2.05, 4.69) is 25.7 Å². The van der Waals surface area contributed by atoms with Crippen molar-refractivity contribution >= 4 is 8.07 Å². The molecule has 0 heterocycles. The van der Waals surface area contributed by atoms with Gasteiger partial charge >= 0.3 is 0 Å².